The van der Waals surface area contributed by atoms with Crippen LogP contribution in [0.1, 0.15) is 11.1 Å². The fourth-order valence-electron chi connectivity index (χ4n) is 2.51. The third-order valence-corrected chi connectivity index (χ3v) is 3.75. The molecule has 2 rings (SSSR count). The Hall–Kier alpha value is -2.19. The van der Waals surface area contributed by atoms with E-state index in [1.807, 2.05) is 36.4 Å². The number of hydrogen-bond acceptors (Lipinski definition) is 4. The van der Waals surface area contributed by atoms with Crippen molar-refractivity contribution >= 4 is 0 Å². The van der Waals surface area contributed by atoms with Gasteiger partial charge in [-0.25, -0.2) is 0 Å². The quantitative estimate of drug-likeness (QED) is 0.814. The zero-order valence-corrected chi connectivity index (χ0v) is 13.4. The van der Waals surface area contributed by atoms with Crippen molar-refractivity contribution in [3.8, 4) is 17.2 Å². The van der Waals surface area contributed by atoms with Gasteiger partial charge in [-0.1, -0.05) is 42.5 Å². The van der Waals surface area contributed by atoms with Crippen molar-refractivity contribution in [2.45, 2.75) is 6.54 Å². The first-order valence-corrected chi connectivity index (χ1v) is 7.69. The molecule has 0 saturated carbocycles. The molecule has 0 unspecified atom stereocenters. The second-order valence-electron chi connectivity index (χ2n) is 5.35. The zero-order chi connectivity index (χ0) is 16.5. The number of aliphatic hydroxyl groups excluding tert-OH is 1. The summed E-state index contributed by atoms with van der Waals surface area (Å²) in [5.74, 6) is 0. The molecule has 23 heavy (non-hydrogen) atoms. The molecule has 0 heterocycles. The average molecular weight is 310 g/mol. The van der Waals surface area contributed by atoms with Crippen LogP contribution >= 0.6 is 0 Å². The maximum Gasteiger partial charge on any atom is 0.0998 e. The molecular formula is C19H22N2O2. The van der Waals surface area contributed by atoms with Crippen LogP contribution in [0.25, 0.3) is 11.1 Å². The summed E-state index contributed by atoms with van der Waals surface area (Å²) in [5.41, 5.74) is 3.85. The number of nitrogens with zero attached hydrogens (tertiary/aromatic N) is 2. The predicted molar refractivity (Wildman–Crippen MR) is 90.8 cm³/mol. The lowest BCUT2D eigenvalue weighted by Crippen LogP contribution is -2.29. The molecule has 2 aromatic rings. The molecule has 0 aliphatic rings. The molecule has 0 radical (unpaired) electrons. The second-order valence-corrected chi connectivity index (χ2v) is 5.35. The summed E-state index contributed by atoms with van der Waals surface area (Å²) in [4.78, 5) is 2.15. The Kier molecular flexibility index (Phi) is 6.76. The Labute approximate surface area is 137 Å². The summed E-state index contributed by atoms with van der Waals surface area (Å²) in [7, 11) is 1.68. The topological polar surface area (TPSA) is 56.5 Å². The normalized spacial score (nSPS) is 10.7. The molecule has 2 aromatic carbocycles. The van der Waals surface area contributed by atoms with E-state index in [4.69, 9.17) is 9.84 Å². The van der Waals surface area contributed by atoms with Crippen LogP contribution in [-0.4, -0.2) is 43.4 Å². The highest BCUT2D eigenvalue weighted by atomic mass is 16.5. The van der Waals surface area contributed by atoms with Crippen molar-refractivity contribution in [1.29, 1.82) is 5.26 Å². The maximum absolute atomic E-state index is 9.20. The molecule has 4 heteroatoms. The van der Waals surface area contributed by atoms with Crippen LogP contribution in [0.3, 0.4) is 0 Å². The summed E-state index contributed by atoms with van der Waals surface area (Å²) in [5, 5.41) is 18.4. The highest BCUT2D eigenvalue weighted by molar-refractivity contribution is 5.70. The standard InChI is InChI=1S/C19H22N2O2/c1-23-13-11-21(10-12-22)15-16-6-8-17(9-7-16)19-5-3-2-4-18(19)14-20/h2-9,22H,10-13,15H2,1H3. The molecule has 0 aromatic heterocycles. The smallest absolute Gasteiger partial charge is 0.0998 e. The Balaban J connectivity index is 2.11. The van der Waals surface area contributed by atoms with Crippen molar-refractivity contribution in [1.82, 2.24) is 4.90 Å². The molecule has 0 amide bonds. The van der Waals surface area contributed by atoms with E-state index in [1.165, 1.54) is 5.56 Å². The van der Waals surface area contributed by atoms with Crippen LogP contribution in [0.15, 0.2) is 48.5 Å². The molecule has 0 bridgehead atoms. The number of hydrogen-bond donors (Lipinski definition) is 1. The Morgan fingerprint density at radius 2 is 1.83 bits per heavy atom. The summed E-state index contributed by atoms with van der Waals surface area (Å²) in [6.45, 7) is 2.97. The third kappa shape index (κ3) is 4.90. The van der Waals surface area contributed by atoms with Gasteiger partial charge in [0, 0.05) is 26.7 Å². The van der Waals surface area contributed by atoms with E-state index in [0.29, 0.717) is 18.7 Å². The van der Waals surface area contributed by atoms with E-state index in [0.717, 1.165) is 24.2 Å². The largest absolute Gasteiger partial charge is 0.395 e. The van der Waals surface area contributed by atoms with Gasteiger partial charge in [-0.15, -0.1) is 0 Å². The fourth-order valence-corrected chi connectivity index (χ4v) is 2.51. The van der Waals surface area contributed by atoms with E-state index in [1.54, 1.807) is 7.11 Å². The molecule has 0 aliphatic heterocycles. The number of ether oxygens (including phenoxy) is 1. The monoisotopic (exact) mass is 310 g/mol. The van der Waals surface area contributed by atoms with E-state index < -0.39 is 0 Å². The summed E-state index contributed by atoms with van der Waals surface area (Å²) in [6.07, 6.45) is 0. The minimum atomic E-state index is 0.136. The van der Waals surface area contributed by atoms with Crippen molar-refractivity contribution in [3.05, 3.63) is 59.7 Å². The van der Waals surface area contributed by atoms with Gasteiger partial charge in [-0.05, 0) is 22.8 Å². The maximum atomic E-state index is 9.20. The number of benzene rings is 2. The van der Waals surface area contributed by atoms with Crippen LogP contribution in [-0.2, 0) is 11.3 Å². The van der Waals surface area contributed by atoms with Gasteiger partial charge in [0.05, 0.1) is 24.8 Å². The van der Waals surface area contributed by atoms with Crippen molar-refractivity contribution in [2.24, 2.45) is 0 Å². The van der Waals surface area contributed by atoms with Gasteiger partial charge < -0.3 is 9.84 Å². The summed E-state index contributed by atoms with van der Waals surface area (Å²) >= 11 is 0. The first kappa shape index (κ1) is 17.2. The molecule has 0 aliphatic carbocycles. The second kappa shape index (κ2) is 9.06. The minimum absolute atomic E-state index is 0.136. The first-order chi connectivity index (χ1) is 11.3. The number of nitriles is 1. The van der Waals surface area contributed by atoms with Crippen molar-refractivity contribution in [3.63, 3.8) is 0 Å². The summed E-state index contributed by atoms with van der Waals surface area (Å²) < 4.78 is 5.10. The molecule has 0 fully saturated rings. The average Bonchev–Trinajstić information content (AvgIpc) is 2.60. The van der Waals surface area contributed by atoms with Gasteiger partial charge in [0.15, 0.2) is 0 Å². The van der Waals surface area contributed by atoms with Gasteiger partial charge in [-0.2, -0.15) is 5.26 Å². The predicted octanol–water partition coefficient (Wildman–Crippen LogP) is 2.67. The highest BCUT2D eigenvalue weighted by Gasteiger charge is 2.07. The van der Waals surface area contributed by atoms with Gasteiger partial charge in [0.25, 0.3) is 0 Å². The van der Waals surface area contributed by atoms with Gasteiger partial charge in [-0.3, -0.25) is 4.90 Å². The van der Waals surface area contributed by atoms with Crippen molar-refractivity contribution < 1.29 is 9.84 Å². The van der Waals surface area contributed by atoms with Gasteiger partial charge in [0.2, 0.25) is 0 Å². The lowest BCUT2D eigenvalue weighted by atomic mass is 9.99. The first-order valence-electron chi connectivity index (χ1n) is 7.69. The van der Waals surface area contributed by atoms with E-state index in [9.17, 15) is 5.26 Å². The number of rotatable bonds is 8. The van der Waals surface area contributed by atoms with Crippen LogP contribution in [0.4, 0.5) is 0 Å². The third-order valence-electron chi connectivity index (χ3n) is 3.75. The molecular weight excluding hydrogens is 288 g/mol. The van der Waals surface area contributed by atoms with Crippen LogP contribution < -0.4 is 0 Å². The zero-order valence-electron chi connectivity index (χ0n) is 13.4. The molecule has 0 atom stereocenters. The number of aliphatic hydroxyl groups is 1. The molecule has 4 nitrogen and oxygen atoms in total. The highest BCUT2D eigenvalue weighted by Crippen LogP contribution is 2.23. The lowest BCUT2D eigenvalue weighted by molar-refractivity contribution is 0.127. The van der Waals surface area contributed by atoms with E-state index >= 15 is 0 Å². The van der Waals surface area contributed by atoms with Crippen LogP contribution in [0.5, 0.6) is 0 Å². The molecule has 1 N–H and O–H groups in total. The Bertz CT molecular complexity index is 647. The van der Waals surface area contributed by atoms with Crippen molar-refractivity contribution in [2.75, 3.05) is 33.4 Å². The van der Waals surface area contributed by atoms with Gasteiger partial charge >= 0.3 is 0 Å². The molecule has 0 spiro atoms. The lowest BCUT2D eigenvalue weighted by Gasteiger charge is -2.21. The van der Waals surface area contributed by atoms with E-state index in [-0.39, 0.29) is 6.61 Å². The van der Waals surface area contributed by atoms with Crippen LogP contribution in [0, 0.1) is 11.3 Å². The van der Waals surface area contributed by atoms with Crippen LogP contribution in [0.2, 0.25) is 0 Å². The fraction of sp³-hybridized carbons (Fsp3) is 0.316. The minimum Gasteiger partial charge on any atom is -0.395 e. The molecule has 120 valence electrons. The Morgan fingerprint density at radius 1 is 1.09 bits per heavy atom. The summed E-state index contributed by atoms with van der Waals surface area (Å²) in [6, 6.07) is 18.1. The Morgan fingerprint density at radius 3 is 2.48 bits per heavy atom. The SMILES string of the molecule is COCCN(CCO)Cc1ccc(-c2ccccc2C#N)cc1. The molecule has 0 saturated heterocycles. The number of methoxy groups -OCH3 is 1. The van der Waals surface area contributed by atoms with E-state index in [2.05, 4.69) is 23.1 Å². The van der Waals surface area contributed by atoms with Gasteiger partial charge in [0.1, 0.15) is 0 Å².